The first-order valence-electron chi connectivity index (χ1n) is 10.9. The van der Waals surface area contributed by atoms with Gasteiger partial charge in [0.25, 0.3) is 0 Å². The molecule has 1 rings (SSSR count). The molecule has 0 radical (unpaired) electrons. The van der Waals surface area contributed by atoms with Gasteiger partial charge in [0.1, 0.15) is 5.60 Å². The molecule has 30 heavy (non-hydrogen) atoms. The van der Waals surface area contributed by atoms with E-state index >= 15 is 0 Å². The van der Waals surface area contributed by atoms with Gasteiger partial charge in [0.2, 0.25) is 0 Å². The molecule has 2 unspecified atom stereocenters. The van der Waals surface area contributed by atoms with Crippen LogP contribution in [0.15, 0.2) is 4.99 Å². The van der Waals surface area contributed by atoms with Crippen molar-refractivity contribution in [2.45, 2.75) is 86.4 Å². The SMILES string of the molecule is CCNC(=NCC(NC(=O)OC(C)(C)C)C(C)C)NC(C)Cc1c(C)nn(C)c1C. The third-order valence-electron chi connectivity index (χ3n) is 4.85. The van der Waals surface area contributed by atoms with E-state index in [1.807, 2.05) is 46.3 Å². The van der Waals surface area contributed by atoms with Crippen molar-refractivity contribution < 1.29 is 9.53 Å². The highest BCUT2D eigenvalue weighted by Crippen LogP contribution is 2.14. The standard InChI is InChI=1S/C22H42N6O2/c1-11-23-20(25-15(4)12-18-16(5)27-28(10)17(18)6)24-13-19(14(2)3)26-21(29)30-22(7,8)9/h14-15,19H,11-13H2,1-10H3,(H,26,29)(H2,23,24,25). The number of carbonyl (C=O) groups excluding carboxylic acids is 1. The van der Waals surface area contributed by atoms with Crippen LogP contribution in [0, 0.1) is 19.8 Å². The summed E-state index contributed by atoms with van der Waals surface area (Å²) in [4.78, 5) is 16.9. The average molecular weight is 423 g/mol. The Bertz CT molecular complexity index is 718. The van der Waals surface area contributed by atoms with Crippen LogP contribution < -0.4 is 16.0 Å². The summed E-state index contributed by atoms with van der Waals surface area (Å²) in [7, 11) is 1.97. The minimum Gasteiger partial charge on any atom is -0.444 e. The number of guanidine groups is 1. The summed E-state index contributed by atoms with van der Waals surface area (Å²) in [6.45, 7) is 19.2. The number of amides is 1. The van der Waals surface area contributed by atoms with E-state index in [0.717, 1.165) is 24.6 Å². The Morgan fingerprint density at radius 2 is 1.83 bits per heavy atom. The number of carbonyl (C=O) groups is 1. The number of aryl methyl sites for hydroxylation is 2. The van der Waals surface area contributed by atoms with Crippen molar-refractivity contribution in [1.82, 2.24) is 25.7 Å². The van der Waals surface area contributed by atoms with Crippen LogP contribution in [0.5, 0.6) is 0 Å². The number of alkyl carbamates (subject to hydrolysis) is 1. The first-order valence-corrected chi connectivity index (χ1v) is 10.9. The molecular formula is C22H42N6O2. The van der Waals surface area contributed by atoms with Gasteiger partial charge in [-0.3, -0.25) is 9.67 Å². The predicted octanol–water partition coefficient (Wildman–Crippen LogP) is 3.07. The number of nitrogens with one attached hydrogen (secondary N) is 3. The number of ether oxygens (including phenoxy) is 1. The lowest BCUT2D eigenvalue weighted by atomic mass is 10.0. The van der Waals surface area contributed by atoms with Gasteiger partial charge < -0.3 is 20.7 Å². The Balaban J connectivity index is 2.79. The van der Waals surface area contributed by atoms with Gasteiger partial charge >= 0.3 is 6.09 Å². The van der Waals surface area contributed by atoms with Crippen molar-refractivity contribution >= 4 is 12.1 Å². The zero-order valence-electron chi connectivity index (χ0n) is 20.5. The van der Waals surface area contributed by atoms with Crippen LogP contribution in [0.4, 0.5) is 4.79 Å². The molecule has 0 aliphatic rings. The largest absolute Gasteiger partial charge is 0.444 e. The van der Waals surface area contributed by atoms with Gasteiger partial charge in [-0.1, -0.05) is 13.8 Å². The van der Waals surface area contributed by atoms with E-state index in [9.17, 15) is 4.79 Å². The average Bonchev–Trinajstić information content (AvgIpc) is 2.83. The van der Waals surface area contributed by atoms with E-state index in [2.05, 4.69) is 48.7 Å². The predicted molar refractivity (Wildman–Crippen MR) is 123 cm³/mol. The minimum atomic E-state index is -0.524. The molecular weight excluding hydrogens is 380 g/mol. The molecule has 1 aromatic heterocycles. The number of aromatic nitrogens is 2. The van der Waals surface area contributed by atoms with E-state index in [4.69, 9.17) is 9.73 Å². The van der Waals surface area contributed by atoms with Gasteiger partial charge in [0.05, 0.1) is 18.3 Å². The number of hydrogen-bond acceptors (Lipinski definition) is 4. The number of nitrogens with zero attached hydrogens (tertiary/aromatic N) is 3. The monoisotopic (exact) mass is 422 g/mol. The second kappa shape index (κ2) is 11.2. The molecule has 2 atom stereocenters. The molecule has 0 saturated heterocycles. The van der Waals surface area contributed by atoms with Crippen LogP contribution in [0.1, 0.15) is 65.4 Å². The molecule has 8 heteroatoms. The van der Waals surface area contributed by atoms with Gasteiger partial charge in [-0.25, -0.2) is 4.79 Å². The highest BCUT2D eigenvalue weighted by Gasteiger charge is 2.21. The Labute approximate surface area is 182 Å². The quantitative estimate of drug-likeness (QED) is 0.442. The highest BCUT2D eigenvalue weighted by atomic mass is 16.6. The lowest BCUT2D eigenvalue weighted by Crippen LogP contribution is -2.46. The van der Waals surface area contributed by atoms with Crippen molar-refractivity contribution in [3.8, 4) is 0 Å². The fourth-order valence-electron chi connectivity index (χ4n) is 3.10. The number of aliphatic imine (C=N–C) groups is 1. The van der Waals surface area contributed by atoms with Crippen LogP contribution in [0.3, 0.4) is 0 Å². The Kier molecular flexibility index (Phi) is 9.65. The van der Waals surface area contributed by atoms with E-state index in [-0.39, 0.29) is 18.0 Å². The normalized spacial score (nSPS) is 14.4. The fraction of sp³-hybridized carbons (Fsp3) is 0.773. The van der Waals surface area contributed by atoms with Crippen LogP contribution in [-0.4, -0.2) is 52.6 Å². The van der Waals surface area contributed by atoms with Crippen molar-refractivity contribution in [3.63, 3.8) is 0 Å². The van der Waals surface area contributed by atoms with Gasteiger partial charge in [0, 0.05) is 25.3 Å². The molecule has 0 aromatic carbocycles. The maximum absolute atomic E-state index is 12.2. The Morgan fingerprint density at radius 1 is 1.20 bits per heavy atom. The van der Waals surface area contributed by atoms with Crippen LogP contribution in [-0.2, 0) is 18.2 Å². The molecule has 1 amide bonds. The van der Waals surface area contributed by atoms with E-state index < -0.39 is 11.7 Å². The minimum absolute atomic E-state index is 0.117. The first kappa shape index (κ1) is 25.8. The summed E-state index contributed by atoms with van der Waals surface area (Å²) in [5.41, 5.74) is 2.99. The van der Waals surface area contributed by atoms with Gasteiger partial charge in [-0.15, -0.1) is 0 Å². The lowest BCUT2D eigenvalue weighted by molar-refractivity contribution is 0.0493. The van der Waals surface area contributed by atoms with Crippen molar-refractivity contribution in [2.24, 2.45) is 18.0 Å². The van der Waals surface area contributed by atoms with Crippen LogP contribution >= 0.6 is 0 Å². The summed E-state index contributed by atoms with van der Waals surface area (Å²) in [5.74, 6) is 0.961. The smallest absolute Gasteiger partial charge is 0.407 e. The third-order valence-corrected chi connectivity index (χ3v) is 4.85. The summed E-state index contributed by atoms with van der Waals surface area (Å²) >= 11 is 0. The van der Waals surface area contributed by atoms with E-state index in [1.165, 1.54) is 11.3 Å². The third kappa shape index (κ3) is 8.63. The molecule has 0 bridgehead atoms. The van der Waals surface area contributed by atoms with Crippen LogP contribution in [0.2, 0.25) is 0 Å². The van der Waals surface area contributed by atoms with Gasteiger partial charge in [-0.2, -0.15) is 5.10 Å². The summed E-state index contributed by atoms with van der Waals surface area (Å²) in [6.07, 6.45) is 0.449. The maximum atomic E-state index is 12.2. The maximum Gasteiger partial charge on any atom is 0.407 e. The topological polar surface area (TPSA) is 92.6 Å². The number of rotatable bonds is 8. The second-order valence-corrected chi connectivity index (χ2v) is 9.24. The molecule has 3 N–H and O–H groups in total. The number of hydrogen-bond donors (Lipinski definition) is 3. The zero-order chi connectivity index (χ0) is 23.1. The van der Waals surface area contributed by atoms with Gasteiger partial charge in [0.15, 0.2) is 5.96 Å². The summed E-state index contributed by atoms with van der Waals surface area (Å²) < 4.78 is 7.31. The first-order chi connectivity index (χ1) is 13.8. The molecule has 0 fully saturated rings. The molecule has 0 spiro atoms. The molecule has 172 valence electrons. The molecule has 0 aliphatic carbocycles. The van der Waals surface area contributed by atoms with Crippen molar-refractivity contribution in [2.75, 3.05) is 13.1 Å². The summed E-state index contributed by atoms with van der Waals surface area (Å²) in [6, 6.07) is 0.0640. The molecule has 1 aromatic rings. The van der Waals surface area contributed by atoms with Crippen molar-refractivity contribution in [3.05, 3.63) is 17.0 Å². The zero-order valence-corrected chi connectivity index (χ0v) is 20.5. The molecule has 1 heterocycles. The van der Waals surface area contributed by atoms with Crippen LogP contribution in [0.25, 0.3) is 0 Å². The molecule has 0 aliphatic heterocycles. The fourth-order valence-corrected chi connectivity index (χ4v) is 3.10. The molecule has 0 saturated carbocycles. The van der Waals surface area contributed by atoms with Gasteiger partial charge in [-0.05, 0) is 66.4 Å². The Hall–Kier alpha value is -2.25. The Morgan fingerprint density at radius 3 is 2.30 bits per heavy atom. The van der Waals surface area contributed by atoms with E-state index in [0.29, 0.717) is 6.54 Å². The summed E-state index contributed by atoms with van der Waals surface area (Å²) in [5, 5.41) is 14.2. The van der Waals surface area contributed by atoms with Crippen molar-refractivity contribution in [1.29, 1.82) is 0 Å². The lowest BCUT2D eigenvalue weighted by Gasteiger charge is -2.25. The van der Waals surface area contributed by atoms with E-state index in [1.54, 1.807) is 0 Å². The second-order valence-electron chi connectivity index (χ2n) is 9.24. The molecule has 8 nitrogen and oxygen atoms in total. The highest BCUT2D eigenvalue weighted by molar-refractivity contribution is 5.80.